The molecule has 6 nitrogen and oxygen atoms in total. The lowest BCUT2D eigenvalue weighted by molar-refractivity contribution is -0.167. The molecule has 0 spiro atoms. The van der Waals surface area contributed by atoms with E-state index in [1.54, 1.807) is 0 Å². The van der Waals surface area contributed by atoms with Crippen LogP contribution in [0, 0.1) is 0 Å². The van der Waals surface area contributed by atoms with Gasteiger partial charge in [0.15, 0.2) is 6.10 Å². The molecule has 0 aliphatic carbocycles. The van der Waals surface area contributed by atoms with Crippen LogP contribution in [-0.2, 0) is 28.6 Å². The summed E-state index contributed by atoms with van der Waals surface area (Å²) in [5, 5.41) is 0. The Morgan fingerprint density at radius 1 is 0.288 bits per heavy atom. The number of allylic oxidation sites excluding steroid dienone is 20. The zero-order valence-electron chi connectivity index (χ0n) is 47.4. The zero-order valence-corrected chi connectivity index (χ0v) is 47.4. The highest BCUT2D eigenvalue weighted by molar-refractivity contribution is 5.71. The lowest BCUT2D eigenvalue weighted by Crippen LogP contribution is -2.30. The van der Waals surface area contributed by atoms with Crippen LogP contribution in [-0.4, -0.2) is 37.2 Å². The highest BCUT2D eigenvalue weighted by Gasteiger charge is 2.19. The Labute approximate surface area is 450 Å². The first-order valence-corrected chi connectivity index (χ1v) is 30.0. The predicted molar refractivity (Wildman–Crippen MR) is 316 cm³/mol. The lowest BCUT2D eigenvalue weighted by Gasteiger charge is -2.18. The Balaban J connectivity index is 4.50. The van der Waals surface area contributed by atoms with Crippen molar-refractivity contribution in [3.8, 4) is 0 Å². The van der Waals surface area contributed by atoms with Crippen molar-refractivity contribution in [3.05, 3.63) is 122 Å². The quantitative estimate of drug-likeness (QED) is 0.0261. The number of ether oxygens (including phenoxy) is 3. The maximum Gasteiger partial charge on any atom is 0.306 e. The van der Waals surface area contributed by atoms with Crippen molar-refractivity contribution in [1.29, 1.82) is 0 Å². The average molecular weight is 1010 g/mol. The highest BCUT2D eigenvalue weighted by Crippen LogP contribution is 2.15. The van der Waals surface area contributed by atoms with E-state index in [0.717, 1.165) is 128 Å². The Morgan fingerprint density at radius 2 is 0.548 bits per heavy atom. The van der Waals surface area contributed by atoms with E-state index in [0.29, 0.717) is 19.3 Å². The molecule has 0 heterocycles. The number of carbonyl (C=O) groups is 3. The third kappa shape index (κ3) is 58.6. The first-order chi connectivity index (χ1) is 36.0. The molecule has 0 aromatic carbocycles. The second kappa shape index (κ2) is 60.4. The fraction of sp³-hybridized carbons (Fsp3) is 0.657. The standard InChI is InChI=1S/C67H110O6/c1-4-7-10-13-16-19-22-25-28-31-32-33-34-37-39-42-45-48-51-54-57-60-66(69)72-63-64(73-67(70)61-58-55-52-49-46-43-40-36-30-27-24-21-18-15-12-9-6-3)62-71-65(68)59-56-53-50-47-44-41-38-35-29-26-23-20-17-14-11-8-5-2/h7,9-10,12,16,18-19,21,25,27-28,30,32-33,37,39-40,43,49,52,64H,4-6,8,11,13-15,17,20,22-24,26,29,31,34-36,38,41-42,44-48,50-51,53-63H2,1-3H3/b10-7-,12-9-,19-16-,21-18-,28-25-,30-27-,33-32-,39-37-,43-40-,52-49-. The van der Waals surface area contributed by atoms with Crippen LogP contribution in [0.1, 0.15) is 265 Å². The third-order valence-corrected chi connectivity index (χ3v) is 12.5. The minimum atomic E-state index is -0.819. The predicted octanol–water partition coefficient (Wildman–Crippen LogP) is 20.4. The second-order valence-corrected chi connectivity index (χ2v) is 19.5. The Morgan fingerprint density at radius 3 is 0.877 bits per heavy atom. The van der Waals surface area contributed by atoms with E-state index in [4.69, 9.17) is 14.2 Å². The molecule has 0 rings (SSSR count). The van der Waals surface area contributed by atoms with E-state index in [1.165, 1.54) is 89.9 Å². The number of esters is 3. The van der Waals surface area contributed by atoms with Crippen LogP contribution in [0.25, 0.3) is 0 Å². The maximum absolute atomic E-state index is 12.9. The third-order valence-electron chi connectivity index (χ3n) is 12.5. The molecule has 0 radical (unpaired) electrons. The Bertz CT molecular complexity index is 1540. The summed E-state index contributed by atoms with van der Waals surface area (Å²) < 4.78 is 16.8. The van der Waals surface area contributed by atoms with E-state index in [1.807, 2.05) is 0 Å². The van der Waals surface area contributed by atoms with Gasteiger partial charge < -0.3 is 14.2 Å². The Kier molecular flexibility index (Phi) is 56.9. The lowest BCUT2D eigenvalue weighted by atomic mass is 10.0. The van der Waals surface area contributed by atoms with Gasteiger partial charge in [-0.15, -0.1) is 0 Å². The first-order valence-electron chi connectivity index (χ1n) is 30.0. The summed E-state index contributed by atoms with van der Waals surface area (Å²) in [6, 6.07) is 0. The van der Waals surface area contributed by atoms with Crippen molar-refractivity contribution in [3.63, 3.8) is 0 Å². The van der Waals surface area contributed by atoms with Crippen molar-refractivity contribution in [1.82, 2.24) is 0 Å². The van der Waals surface area contributed by atoms with Gasteiger partial charge in [0.25, 0.3) is 0 Å². The molecule has 0 saturated heterocycles. The van der Waals surface area contributed by atoms with Crippen molar-refractivity contribution < 1.29 is 28.6 Å². The molecular formula is C67H110O6. The molecule has 0 N–H and O–H groups in total. The van der Waals surface area contributed by atoms with E-state index in [9.17, 15) is 14.4 Å². The minimum Gasteiger partial charge on any atom is -0.462 e. The van der Waals surface area contributed by atoms with Gasteiger partial charge in [0, 0.05) is 19.3 Å². The molecule has 0 bridgehead atoms. The summed E-state index contributed by atoms with van der Waals surface area (Å²) in [7, 11) is 0. The van der Waals surface area contributed by atoms with Gasteiger partial charge in [0.1, 0.15) is 13.2 Å². The normalized spacial score (nSPS) is 13.0. The number of hydrogen-bond donors (Lipinski definition) is 0. The van der Waals surface area contributed by atoms with Gasteiger partial charge in [-0.25, -0.2) is 0 Å². The van der Waals surface area contributed by atoms with E-state index in [2.05, 4.69) is 142 Å². The molecule has 0 aliphatic rings. The summed E-state index contributed by atoms with van der Waals surface area (Å²) in [4.78, 5) is 38.2. The second-order valence-electron chi connectivity index (χ2n) is 19.5. The van der Waals surface area contributed by atoms with Crippen LogP contribution in [0.3, 0.4) is 0 Å². The molecule has 1 unspecified atom stereocenters. The summed E-state index contributed by atoms with van der Waals surface area (Å²) in [6.07, 6.45) is 83.4. The van der Waals surface area contributed by atoms with Crippen LogP contribution in [0.4, 0.5) is 0 Å². The van der Waals surface area contributed by atoms with Crippen LogP contribution in [0.5, 0.6) is 0 Å². The van der Waals surface area contributed by atoms with E-state index >= 15 is 0 Å². The molecule has 0 aromatic rings. The van der Waals surface area contributed by atoms with Gasteiger partial charge >= 0.3 is 17.9 Å². The monoisotopic (exact) mass is 1010 g/mol. The largest absolute Gasteiger partial charge is 0.462 e. The van der Waals surface area contributed by atoms with Crippen LogP contribution < -0.4 is 0 Å². The van der Waals surface area contributed by atoms with Crippen molar-refractivity contribution >= 4 is 17.9 Å². The molecule has 0 saturated carbocycles. The van der Waals surface area contributed by atoms with Crippen molar-refractivity contribution in [2.24, 2.45) is 0 Å². The van der Waals surface area contributed by atoms with Crippen molar-refractivity contribution in [2.45, 2.75) is 271 Å². The number of rotatable bonds is 53. The SMILES string of the molecule is CC/C=C\C/C=C\C/C=C\C/C=C\C/C=C\CCCCCCCC(=O)OCC(COC(=O)CCCCCCCCCCCCCCCCCCC)OC(=O)CCC/C=C\C/C=C\C/C=C\C/C=C\C/C=C\CC. The van der Waals surface area contributed by atoms with Gasteiger partial charge in [-0.05, 0) is 103 Å². The van der Waals surface area contributed by atoms with Crippen LogP contribution >= 0.6 is 0 Å². The highest BCUT2D eigenvalue weighted by atomic mass is 16.6. The molecule has 6 heteroatoms. The van der Waals surface area contributed by atoms with E-state index < -0.39 is 6.10 Å². The summed E-state index contributed by atoms with van der Waals surface area (Å²) in [6.45, 7) is 6.36. The maximum atomic E-state index is 12.9. The van der Waals surface area contributed by atoms with E-state index in [-0.39, 0.29) is 37.5 Å². The fourth-order valence-electron chi connectivity index (χ4n) is 8.03. The first kappa shape index (κ1) is 68.8. The Hall–Kier alpha value is -4.19. The van der Waals surface area contributed by atoms with Crippen LogP contribution in [0.2, 0.25) is 0 Å². The number of hydrogen-bond acceptors (Lipinski definition) is 6. The topological polar surface area (TPSA) is 78.9 Å². The summed E-state index contributed by atoms with van der Waals surface area (Å²) in [5.74, 6) is -0.983. The fourth-order valence-corrected chi connectivity index (χ4v) is 8.03. The van der Waals surface area contributed by atoms with Crippen LogP contribution in [0.15, 0.2) is 122 Å². The molecule has 0 aliphatic heterocycles. The van der Waals surface area contributed by atoms with Gasteiger partial charge in [-0.3, -0.25) is 14.4 Å². The van der Waals surface area contributed by atoms with Crippen molar-refractivity contribution in [2.75, 3.05) is 13.2 Å². The summed E-state index contributed by atoms with van der Waals surface area (Å²) in [5.41, 5.74) is 0. The smallest absolute Gasteiger partial charge is 0.306 e. The number of unbranched alkanes of at least 4 members (excludes halogenated alkanes) is 22. The van der Waals surface area contributed by atoms with Gasteiger partial charge in [-0.1, -0.05) is 264 Å². The molecule has 414 valence electrons. The van der Waals surface area contributed by atoms with Gasteiger partial charge in [0.05, 0.1) is 0 Å². The molecule has 73 heavy (non-hydrogen) atoms. The molecule has 0 amide bonds. The molecule has 0 aromatic heterocycles. The average Bonchev–Trinajstić information content (AvgIpc) is 3.39. The van der Waals surface area contributed by atoms with Gasteiger partial charge in [0.2, 0.25) is 0 Å². The summed E-state index contributed by atoms with van der Waals surface area (Å²) >= 11 is 0. The zero-order chi connectivity index (χ0) is 52.9. The molecule has 1 atom stereocenters. The molecular weight excluding hydrogens is 901 g/mol. The molecule has 0 fully saturated rings. The number of carbonyl (C=O) groups excluding carboxylic acids is 3. The minimum absolute atomic E-state index is 0.108. The van der Waals surface area contributed by atoms with Gasteiger partial charge in [-0.2, -0.15) is 0 Å².